The molecule has 0 aromatic heterocycles. The summed E-state index contributed by atoms with van der Waals surface area (Å²) in [7, 11) is 0. The molecule has 1 aliphatic heterocycles. The van der Waals surface area contributed by atoms with Crippen LogP contribution >= 0.6 is 0 Å². The first-order valence-electron chi connectivity index (χ1n) is 7.08. The molecule has 1 unspecified atom stereocenters. The Balaban J connectivity index is 0.000000255. The highest BCUT2D eigenvalue weighted by molar-refractivity contribution is 6.05. The molecule has 0 aromatic carbocycles. The summed E-state index contributed by atoms with van der Waals surface area (Å²) in [5.74, 6) is -0.602. The maximum atomic E-state index is 10.3. The second-order valence-corrected chi connectivity index (χ2v) is 6.09. The summed E-state index contributed by atoms with van der Waals surface area (Å²) in [5.41, 5.74) is 1.51. The van der Waals surface area contributed by atoms with Crippen molar-refractivity contribution in [3.63, 3.8) is 0 Å². The molecule has 0 radical (unpaired) electrons. The minimum absolute atomic E-state index is 0.0544. The average molecular weight is 303 g/mol. The Morgan fingerprint density at radius 2 is 2.05 bits per heavy atom. The third-order valence-corrected chi connectivity index (χ3v) is 3.72. The Kier molecular flexibility index (Phi) is 5.77. The van der Waals surface area contributed by atoms with E-state index < -0.39 is 11.9 Å². The Hall–Kier alpha value is -2.26. The number of isocyanates is 1. The fourth-order valence-corrected chi connectivity index (χ4v) is 2.55. The SMILES string of the molecule is C=C1CC(=O)OC1=O.CC(C)C1=CC=CC(N=C=O)C1(C)C. The zero-order valence-electron chi connectivity index (χ0n) is 13.4. The number of carbonyl (C=O) groups is 2. The van der Waals surface area contributed by atoms with E-state index in [0.717, 1.165) is 0 Å². The Morgan fingerprint density at radius 3 is 2.41 bits per heavy atom. The lowest BCUT2D eigenvalue weighted by Gasteiger charge is -2.36. The van der Waals surface area contributed by atoms with Crippen LogP contribution in [-0.4, -0.2) is 24.1 Å². The van der Waals surface area contributed by atoms with E-state index in [-0.39, 0.29) is 23.5 Å². The molecule has 0 spiro atoms. The van der Waals surface area contributed by atoms with Crippen LogP contribution in [-0.2, 0) is 19.1 Å². The lowest BCUT2D eigenvalue weighted by Crippen LogP contribution is -2.32. The van der Waals surface area contributed by atoms with Crippen molar-refractivity contribution in [2.45, 2.75) is 40.2 Å². The number of ether oxygens (including phenoxy) is 1. The van der Waals surface area contributed by atoms with Gasteiger partial charge < -0.3 is 4.74 Å². The number of hydrogen-bond donors (Lipinski definition) is 0. The van der Waals surface area contributed by atoms with Gasteiger partial charge in [-0.3, -0.25) is 4.79 Å². The predicted molar refractivity (Wildman–Crippen MR) is 82.6 cm³/mol. The van der Waals surface area contributed by atoms with Gasteiger partial charge in [0.25, 0.3) is 0 Å². The summed E-state index contributed by atoms with van der Waals surface area (Å²) in [6, 6.07) is -0.0672. The molecule has 22 heavy (non-hydrogen) atoms. The molecule has 0 N–H and O–H groups in total. The lowest BCUT2D eigenvalue weighted by molar-refractivity contribution is -0.151. The van der Waals surface area contributed by atoms with Crippen LogP contribution in [0.25, 0.3) is 0 Å². The second kappa shape index (κ2) is 7.14. The predicted octanol–water partition coefficient (Wildman–Crippen LogP) is 2.89. The first-order valence-corrected chi connectivity index (χ1v) is 7.08. The molecule has 2 rings (SSSR count). The lowest BCUT2D eigenvalue weighted by atomic mass is 9.71. The molecule has 118 valence electrons. The van der Waals surface area contributed by atoms with Crippen molar-refractivity contribution in [1.82, 2.24) is 0 Å². The maximum absolute atomic E-state index is 10.3. The van der Waals surface area contributed by atoms with Crippen LogP contribution in [0.5, 0.6) is 0 Å². The van der Waals surface area contributed by atoms with Gasteiger partial charge in [-0.15, -0.1) is 0 Å². The number of nitrogens with zero attached hydrogens (tertiary/aromatic N) is 1. The number of aliphatic imine (C=N–C) groups is 1. The van der Waals surface area contributed by atoms with Crippen molar-refractivity contribution in [3.8, 4) is 0 Å². The fourth-order valence-electron chi connectivity index (χ4n) is 2.55. The van der Waals surface area contributed by atoms with Crippen LogP contribution in [0.2, 0.25) is 0 Å². The van der Waals surface area contributed by atoms with Crippen molar-refractivity contribution in [2.24, 2.45) is 16.3 Å². The van der Waals surface area contributed by atoms with E-state index in [9.17, 15) is 14.4 Å². The van der Waals surface area contributed by atoms with Gasteiger partial charge in [-0.25, -0.2) is 9.59 Å². The Morgan fingerprint density at radius 1 is 1.41 bits per heavy atom. The molecule has 1 saturated heterocycles. The van der Waals surface area contributed by atoms with Crippen LogP contribution in [0, 0.1) is 11.3 Å². The molecule has 0 saturated carbocycles. The van der Waals surface area contributed by atoms with Crippen LogP contribution in [0.4, 0.5) is 0 Å². The van der Waals surface area contributed by atoms with Gasteiger partial charge in [0, 0.05) is 11.0 Å². The fraction of sp³-hybridized carbons (Fsp3) is 0.471. The first kappa shape index (κ1) is 17.8. The number of esters is 2. The minimum atomic E-state index is -0.588. The zero-order chi connectivity index (χ0) is 16.9. The quantitative estimate of drug-likeness (QED) is 0.258. The zero-order valence-corrected chi connectivity index (χ0v) is 13.4. The molecule has 1 atom stereocenters. The van der Waals surface area contributed by atoms with E-state index >= 15 is 0 Å². The van der Waals surface area contributed by atoms with E-state index in [1.54, 1.807) is 6.08 Å². The van der Waals surface area contributed by atoms with Crippen LogP contribution < -0.4 is 0 Å². The van der Waals surface area contributed by atoms with Crippen molar-refractivity contribution >= 4 is 18.0 Å². The highest BCUT2D eigenvalue weighted by atomic mass is 16.6. The van der Waals surface area contributed by atoms with E-state index in [1.165, 1.54) is 5.57 Å². The first-order chi connectivity index (χ1) is 10.2. The van der Waals surface area contributed by atoms with Gasteiger partial charge in [0.2, 0.25) is 6.08 Å². The molecule has 5 nitrogen and oxygen atoms in total. The minimum Gasteiger partial charge on any atom is -0.389 e. The average Bonchev–Trinajstić information content (AvgIpc) is 2.69. The Labute approximate surface area is 130 Å². The van der Waals surface area contributed by atoms with Crippen molar-refractivity contribution in [2.75, 3.05) is 0 Å². The van der Waals surface area contributed by atoms with Gasteiger partial charge in [0.15, 0.2) is 0 Å². The summed E-state index contributed by atoms with van der Waals surface area (Å²) in [5, 5.41) is 0. The number of carbonyl (C=O) groups excluding carboxylic acids is 3. The summed E-state index contributed by atoms with van der Waals surface area (Å²) >= 11 is 0. The van der Waals surface area contributed by atoms with Crippen LogP contribution in [0.1, 0.15) is 34.1 Å². The molecule has 1 fully saturated rings. The molecular weight excluding hydrogens is 282 g/mol. The van der Waals surface area contributed by atoms with Gasteiger partial charge in [-0.1, -0.05) is 58.1 Å². The maximum Gasteiger partial charge on any atom is 0.341 e. The van der Waals surface area contributed by atoms with Gasteiger partial charge in [-0.05, 0) is 5.92 Å². The van der Waals surface area contributed by atoms with Gasteiger partial charge in [0.05, 0.1) is 12.5 Å². The van der Waals surface area contributed by atoms with Gasteiger partial charge >= 0.3 is 11.9 Å². The summed E-state index contributed by atoms with van der Waals surface area (Å²) in [6.07, 6.45) is 7.76. The van der Waals surface area contributed by atoms with Crippen molar-refractivity contribution in [1.29, 1.82) is 0 Å². The Bertz CT molecular complexity index is 572. The van der Waals surface area contributed by atoms with Gasteiger partial charge in [-0.2, -0.15) is 4.99 Å². The van der Waals surface area contributed by atoms with E-state index in [1.807, 2.05) is 12.2 Å². The van der Waals surface area contributed by atoms with Crippen molar-refractivity contribution < 1.29 is 19.1 Å². The van der Waals surface area contributed by atoms with Gasteiger partial charge in [0.1, 0.15) is 0 Å². The number of cyclic esters (lactones) is 2. The van der Waals surface area contributed by atoms with E-state index in [2.05, 4.69) is 50.1 Å². The largest absolute Gasteiger partial charge is 0.389 e. The third kappa shape index (κ3) is 4.12. The normalized spacial score (nSPS) is 22.5. The summed E-state index contributed by atoms with van der Waals surface area (Å²) < 4.78 is 4.10. The molecule has 5 heteroatoms. The van der Waals surface area contributed by atoms with Crippen LogP contribution in [0.15, 0.2) is 40.9 Å². The molecule has 1 heterocycles. The molecule has 0 amide bonds. The highest BCUT2D eigenvalue weighted by Gasteiger charge is 2.34. The molecular formula is C17H21NO4. The summed E-state index contributed by atoms with van der Waals surface area (Å²) in [6.45, 7) is 11.9. The smallest absolute Gasteiger partial charge is 0.341 e. The topological polar surface area (TPSA) is 72.8 Å². The van der Waals surface area contributed by atoms with E-state index in [4.69, 9.17) is 0 Å². The monoisotopic (exact) mass is 303 g/mol. The molecule has 0 bridgehead atoms. The molecule has 0 aromatic rings. The van der Waals surface area contributed by atoms with Crippen molar-refractivity contribution in [3.05, 3.63) is 36.0 Å². The third-order valence-electron chi connectivity index (χ3n) is 3.72. The number of allylic oxidation sites excluding steroid dienone is 2. The second-order valence-electron chi connectivity index (χ2n) is 6.09. The summed E-state index contributed by atoms with van der Waals surface area (Å²) in [4.78, 5) is 34.5. The highest BCUT2D eigenvalue weighted by Crippen LogP contribution is 2.39. The number of hydrogen-bond acceptors (Lipinski definition) is 5. The molecule has 2 aliphatic rings. The van der Waals surface area contributed by atoms with E-state index in [0.29, 0.717) is 5.92 Å². The van der Waals surface area contributed by atoms with Crippen LogP contribution in [0.3, 0.4) is 0 Å². The number of rotatable bonds is 2. The standard InChI is InChI=1S/C12H17NO.C5H4O3/c1-9(2)10-6-5-7-11(13-8-14)12(10,3)4;1-3-2-4(6)8-5(3)7/h5-7,9,11H,1-4H3;1-2H2. The molecule has 1 aliphatic carbocycles.